The van der Waals surface area contributed by atoms with Gasteiger partial charge in [0.2, 0.25) is 0 Å². The van der Waals surface area contributed by atoms with Gasteiger partial charge in [0, 0.05) is 18.0 Å². The number of hydrogen-bond acceptors (Lipinski definition) is 5. The number of amides is 1. The molecule has 2 aromatic rings. The van der Waals surface area contributed by atoms with Gasteiger partial charge in [0.15, 0.2) is 11.8 Å². The van der Waals surface area contributed by atoms with Gasteiger partial charge in [-0.25, -0.2) is 9.48 Å². The predicted octanol–water partition coefficient (Wildman–Crippen LogP) is 1.88. The first kappa shape index (κ1) is 18.1. The first-order valence-electron chi connectivity index (χ1n) is 8.88. The Balaban J connectivity index is 1.92. The lowest BCUT2D eigenvalue weighted by molar-refractivity contribution is -0.129. The van der Waals surface area contributed by atoms with Crippen molar-refractivity contribution in [1.82, 2.24) is 15.1 Å². The Kier molecular flexibility index (Phi) is 5.06. The Bertz CT molecular complexity index is 899. The molecule has 1 amide bonds. The molecular formula is C19H23N3O4. The molecule has 1 N–H and O–H groups in total. The third-order valence-electron chi connectivity index (χ3n) is 4.18. The number of carbonyl (C=O) groups excluding carboxylic acids is 2. The van der Waals surface area contributed by atoms with Gasteiger partial charge in [-0.05, 0) is 31.7 Å². The molecule has 1 heterocycles. The summed E-state index contributed by atoms with van der Waals surface area (Å²) < 4.78 is 6.60. The minimum absolute atomic E-state index is 0.0481. The summed E-state index contributed by atoms with van der Waals surface area (Å²) in [6.07, 6.45) is 0.992. The highest BCUT2D eigenvalue weighted by Crippen LogP contribution is 2.19. The van der Waals surface area contributed by atoms with Gasteiger partial charge >= 0.3 is 5.97 Å². The summed E-state index contributed by atoms with van der Waals surface area (Å²) >= 11 is 0. The van der Waals surface area contributed by atoms with Crippen LogP contribution in [0, 0.1) is 5.92 Å². The summed E-state index contributed by atoms with van der Waals surface area (Å²) in [5.74, 6) is -0.841. The SMILES string of the molecule is CC(C)Cn1nc(C(=O)O[C@H](C)C(=O)NC2CC2)c2ccccc2c1=O. The van der Waals surface area contributed by atoms with Gasteiger partial charge in [0.05, 0.1) is 5.39 Å². The van der Waals surface area contributed by atoms with E-state index in [1.807, 2.05) is 13.8 Å². The van der Waals surface area contributed by atoms with Crippen molar-refractivity contribution in [2.24, 2.45) is 5.92 Å². The highest BCUT2D eigenvalue weighted by atomic mass is 16.5. The number of rotatable bonds is 6. The minimum Gasteiger partial charge on any atom is -0.448 e. The van der Waals surface area contributed by atoms with Gasteiger partial charge in [0.25, 0.3) is 11.5 Å². The minimum atomic E-state index is -0.922. The molecule has 1 fully saturated rings. The summed E-state index contributed by atoms with van der Waals surface area (Å²) in [7, 11) is 0. The molecule has 0 spiro atoms. The fraction of sp³-hybridized carbons (Fsp3) is 0.474. The molecule has 0 unspecified atom stereocenters. The summed E-state index contributed by atoms with van der Waals surface area (Å²) in [6.45, 7) is 5.85. The van der Waals surface area contributed by atoms with E-state index in [1.54, 1.807) is 24.3 Å². The van der Waals surface area contributed by atoms with Crippen LogP contribution >= 0.6 is 0 Å². The van der Waals surface area contributed by atoms with Gasteiger partial charge in [-0.15, -0.1) is 0 Å². The Morgan fingerprint density at radius 1 is 1.23 bits per heavy atom. The van der Waals surface area contributed by atoms with E-state index in [-0.39, 0.29) is 29.1 Å². The van der Waals surface area contributed by atoms with E-state index in [2.05, 4.69) is 10.4 Å². The Hall–Kier alpha value is -2.70. The monoisotopic (exact) mass is 357 g/mol. The fourth-order valence-corrected chi connectivity index (χ4v) is 2.67. The zero-order valence-electron chi connectivity index (χ0n) is 15.2. The van der Waals surface area contributed by atoms with Crippen LogP contribution in [0.2, 0.25) is 0 Å². The van der Waals surface area contributed by atoms with Crippen LogP contribution in [0.25, 0.3) is 10.8 Å². The Labute approximate surface area is 151 Å². The molecule has 7 heteroatoms. The van der Waals surface area contributed by atoms with E-state index in [0.29, 0.717) is 17.3 Å². The highest BCUT2D eigenvalue weighted by molar-refractivity contribution is 6.02. The van der Waals surface area contributed by atoms with Crippen LogP contribution in [0.15, 0.2) is 29.1 Å². The number of nitrogens with zero attached hydrogens (tertiary/aromatic N) is 2. The molecule has 7 nitrogen and oxygen atoms in total. The number of aromatic nitrogens is 2. The number of hydrogen-bond donors (Lipinski definition) is 1. The van der Waals surface area contributed by atoms with Crippen molar-refractivity contribution in [3.8, 4) is 0 Å². The molecule has 1 aromatic heterocycles. The third-order valence-corrected chi connectivity index (χ3v) is 4.18. The Morgan fingerprint density at radius 3 is 2.50 bits per heavy atom. The van der Waals surface area contributed by atoms with Crippen molar-refractivity contribution in [3.63, 3.8) is 0 Å². The first-order chi connectivity index (χ1) is 12.4. The van der Waals surface area contributed by atoms with Crippen molar-refractivity contribution >= 4 is 22.6 Å². The second-order valence-electron chi connectivity index (χ2n) is 7.11. The van der Waals surface area contributed by atoms with Crippen LogP contribution < -0.4 is 10.9 Å². The maximum atomic E-state index is 12.6. The molecule has 0 saturated heterocycles. The molecule has 1 aliphatic rings. The topological polar surface area (TPSA) is 90.3 Å². The van der Waals surface area contributed by atoms with E-state index in [9.17, 15) is 14.4 Å². The summed E-state index contributed by atoms with van der Waals surface area (Å²) in [5.41, 5.74) is -0.197. The van der Waals surface area contributed by atoms with Crippen LogP contribution in [0.3, 0.4) is 0 Å². The van der Waals surface area contributed by atoms with E-state index in [1.165, 1.54) is 11.6 Å². The van der Waals surface area contributed by atoms with E-state index < -0.39 is 12.1 Å². The largest absolute Gasteiger partial charge is 0.448 e. The number of ether oxygens (including phenoxy) is 1. The standard InChI is InChI=1S/C19H23N3O4/c1-11(2)10-22-18(24)15-7-5-4-6-14(15)16(21-22)19(25)26-12(3)17(23)20-13-8-9-13/h4-7,11-13H,8-10H2,1-3H3,(H,20,23)/t12-/m1/s1. The predicted molar refractivity (Wildman–Crippen MR) is 96.9 cm³/mol. The zero-order valence-corrected chi connectivity index (χ0v) is 15.2. The van der Waals surface area contributed by atoms with Crippen LogP contribution in [-0.4, -0.2) is 33.8 Å². The Morgan fingerprint density at radius 2 is 1.88 bits per heavy atom. The van der Waals surface area contributed by atoms with Gasteiger partial charge in [-0.1, -0.05) is 32.0 Å². The normalized spacial score (nSPS) is 15.1. The van der Waals surface area contributed by atoms with Crippen molar-refractivity contribution in [3.05, 3.63) is 40.3 Å². The number of esters is 1. The molecule has 1 aliphatic carbocycles. The maximum Gasteiger partial charge on any atom is 0.360 e. The highest BCUT2D eigenvalue weighted by Gasteiger charge is 2.28. The van der Waals surface area contributed by atoms with E-state index >= 15 is 0 Å². The van der Waals surface area contributed by atoms with Crippen molar-refractivity contribution in [2.75, 3.05) is 0 Å². The molecular weight excluding hydrogens is 334 g/mol. The lowest BCUT2D eigenvalue weighted by atomic mass is 10.1. The molecule has 0 aliphatic heterocycles. The molecule has 138 valence electrons. The molecule has 0 bridgehead atoms. The fourth-order valence-electron chi connectivity index (χ4n) is 2.67. The van der Waals surface area contributed by atoms with Crippen LogP contribution in [0.4, 0.5) is 0 Å². The summed E-state index contributed by atoms with van der Waals surface area (Å²) in [4.78, 5) is 37.3. The van der Waals surface area contributed by atoms with Gasteiger partial charge in [-0.3, -0.25) is 9.59 Å². The summed E-state index contributed by atoms with van der Waals surface area (Å²) in [5, 5.41) is 7.86. The molecule has 0 radical (unpaired) electrons. The summed E-state index contributed by atoms with van der Waals surface area (Å²) in [6, 6.07) is 6.99. The second-order valence-corrected chi connectivity index (χ2v) is 7.11. The van der Waals surface area contributed by atoms with Gasteiger partial charge in [0.1, 0.15) is 0 Å². The van der Waals surface area contributed by atoms with E-state index in [4.69, 9.17) is 4.74 Å². The average Bonchev–Trinajstić information content (AvgIpc) is 3.40. The first-order valence-corrected chi connectivity index (χ1v) is 8.88. The number of benzene rings is 1. The lowest BCUT2D eigenvalue weighted by Crippen LogP contribution is -2.37. The molecule has 1 saturated carbocycles. The van der Waals surface area contributed by atoms with Crippen molar-refractivity contribution in [1.29, 1.82) is 0 Å². The van der Waals surface area contributed by atoms with Gasteiger partial charge < -0.3 is 10.1 Å². The van der Waals surface area contributed by atoms with Crippen LogP contribution in [0.1, 0.15) is 44.1 Å². The smallest absolute Gasteiger partial charge is 0.360 e. The molecule has 1 atom stereocenters. The zero-order chi connectivity index (χ0) is 18.8. The van der Waals surface area contributed by atoms with Crippen LogP contribution in [0.5, 0.6) is 0 Å². The lowest BCUT2D eigenvalue weighted by Gasteiger charge is -2.15. The second kappa shape index (κ2) is 7.27. The van der Waals surface area contributed by atoms with Crippen molar-refractivity contribution < 1.29 is 14.3 Å². The molecule has 26 heavy (non-hydrogen) atoms. The quantitative estimate of drug-likeness (QED) is 0.797. The molecule has 3 rings (SSSR count). The van der Waals surface area contributed by atoms with E-state index in [0.717, 1.165) is 12.8 Å². The average molecular weight is 357 g/mol. The number of carbonyl (C=O) groups is 2. The van der Waals surface area contributed by atoms with Gasteiger partial charge in [-0.2, -0.15) is 5.10 Å². The van der Waals surface area contributed by atoms with Crippen molar-refractivity contribution in [2.45, 2.75) is 52.3 Å². The third kappa shape index (κ3) is 3.92. The molecule has 1 aromatic carbocycles. The maximum absolute atomic E-state index is 12.6. The number of nitrogens with one attached hydrogen (secondary N) is 1. The number of fused-ring (bicyclic) bond motifs is 1. The van der Waals surface area contributed by atoms with Crippen LogP contribution in [-0.2, 0) is 16.1 Å².